The molecular formula is C12H15N3O6. The average Bonchev–Trinajstić information content (AvgIpc) is 2.45. The van der Waals surface area contributed by atoms with Gasteiger partial charge in [-0.25, -0.2) is 9.78 Å². The van der Waals surface area contributed by atoms with Crippen LogP contribution in [0.3, 0.4) is 0 Å². The second kappa shape index (κ2) is 6.02. The van der Waals surface area contributed by atoms with Gasteiger partial charge in [0.25, 0.3) is 0 Å². The minimum absolute atomic E-state index is 0.0820. The number of carbonyl (C=O) groups is 1. The second-order valence-electron chi connectivity index (χ2n) is 4.79. The van der Waals surface area contributed by atoms with Crippen LogP contribution in [0, 0.1) is 10.1 Å². The number of aromatic nitrogens is 1. The van der Waals surface area contributed by atoms with Gasteiger partial charge in [0, 0.05) is 25.4 Å². The third kappa shape index (κ3) is 3.26. The summed E-state index contributed by atoms with van der Waals surface area (Å²) in [4.78, 5) is 26.9. The van der Waals surface area contributed by atoms with Gasteiger partial charge in [0.2, 0.25) is 5.82 Å². The molecular weight excluding hydrogens is 282 g/mol. The Morgan fingerprint density at radius 2 is 2.33 bits per heavy atom. The number of aromatic carboxylic acids is 1. The van der Waals surface area contributed by atoms with Crippen LogP contribution in [0.5, 0.6) is 0 Å². The zero-order valence-electron chi connectivity index (χ0n) is 11.3. The van der Waals surface area contributed by atoms with Crippen LogP contribution >= 0.6 is 0 Å². The average molecular weight is 297 g/mol. The van der Waals surface area contributed by atoms with E-state index in [1.807, 2.05) is 0 Å². The third-order valence-electron chi connectivity index (χ3n) is 3.12. The molecule has 0 radical (unpaired) electrons. The summed E-state index contributed by atoms with van der Waals surface area (Å²) < 4.78 is 5.47. The Balaban J connectivity index is 2.38. The number of anilines is 1. The number of hydrogen-bond acceptors (Lipinski definition) is 7. The molecule has 2 heterocycles. The standard InChI is InChI=1S/C12H15N3O6/c1-7-4-14(5-9(6-16)21-7)11-10(15(19)20)2-8(3-13-11)12(17)18/h2-3,7,9,16H,4-6H2,1H3,(H,17,18). The molecule has 9 nitrogen and oxygen atoms in total. The molecule has 1 fully saturated rings. The molecule has 2 rings (SSSR count). The van der Waals surface area contributed by atoms with Gasteiger partial charge in [0.15, 0.2) is 0 Å². The summed E-state index contributed by atoms with van der Waals surface area (Å²) in [6.45, 7) is 2.20. The van der Waals surface area contributed by atoms with E-state index in [2.05, 4.69) is 4.98 Å². The molecule has 9 heteroatoms. The van der Waals surface area contributed by atoms with Crippen molar-refractivity contribution in [2.75, 3.05) is 24.6 Å². The number of nitrogens with zero attached hydrogens (tertiary/aromatic N) is 3. The molecule has 1 aliphatic heterocycles. The number of ether oxygens (including phenoxy) is 1. The molecule has 0 saturated carbocycles. The van der Waals surface area contributed by atoms with Gasteiger partial charge in [0.1, 0.15) is 0 Å². The zero-order chi connectivity index (χ0) is 15.6. The smallest absolute Gasteiger partial charge is 0.337 e. The van der Waals surface area contributed by atoms with Crippen LogP contribution in [0.15, 0.2) is 12.3 Å². The highest BCUT2D eigenvalue weighted by Crippen LogP contribution is 2.29. The number of rotatable bonds is 4. The highest BCUT2D eigenvalue weighted by Gasteiger charge is 2.30. The summed E-state index contributed by atoms with van der Waals surface area (Å²) >= 11 is 0. The first-order valence-electron chi connectivity index (χ1n) is 6.31. The van der Waals surface area contributed by atoms with Crippen LogP contribution < -0.4 is 4.90 Å². The van der Waals surface area contributed by atoms with E-state index in [1.54, 1.807) is 11.8 Å². The first-order chi connectivity index (χ1) is 9.92. The number of pyridine rings is 1. The molecule has 1 aromatic heterocycles. The molecule has 0 aromatic carbocycles. The van der Waals surface area contributed by atoms with Crippen LogP contribution in [0.25, 0.3) is 0 Å². The lowest BCUT2D eigenvalue weighted by atomic mass is 10.2. The summed E-state index contributed by atoms with van der Waals surface area (Å²) in [5.74, 6) is -1.20. The maximum absolute atomic E-state index is 11.1. The van der Waals surface area contributed by atoms with E-state index in [4.69, 9.17) is 9.84 Å². The third-order valence-corrected chi connectivity index (χ3v) is 3.12. The number of aliphatic hydroxyl groups is 1. The van der Waals surface area contributed by atoms with Gasteiger partial charge in [0.05, 0.1) is 29.3 Å². The van der Waals surface area contributed by atoms with Crippen LogP contribution in [-0.4, -0.2) is 58.0 Å². The van der Waals surface area contributed by atoms with Crippen molar-refractivity contribution in [2.45, 2.75) is 19.1 Å². The Morgan fingerprint density at radius 3 is 2.90 bits per heavy atom. The quantitative estimate of drug-likeness (QED) is 0.599. The normalized spacial score (nSPS) is 22.1. The molecule has 2 N–H and O–H groups in total. The predicted molar refractivity (Wildman–Crippen MR) is 71.5 cm³/mol. The van der Waals surface area contributed by atoms with Crippen LogP contribution in [0.4, 0.5) is 11.5 Å². The Labute approximate surface area is 119 Å². The van der Waals surface area contributed by atoms with Gasteiger partial charge in [-0.3, -0.25) is 10.1 Å². The van der Waals surface area contributed by atoms with Crippen molar-refractivity contribution in [3.63, 3.8) is 0 Å². The number of nitro groups is 1. The Hall–Kier alpha value is -2.26. The minimum Gasteiger partial charge on any atom is -0.478 e. The van der Waals surface area contributed by atoms with Gasteiger partial charge in [-0.2, -0.15) is 0 Å². The number of aliphatic hydroxyl groups excluding tert-OH is 1. The van der Waals surface area contributed by atoms with Gasteiger partial charge in [-0.1, -0.05) is 0 Å². The summed E-state index contributed by atoms with van der Waals surface area (Å²) in [7, 11) is 0. The monoisotopic (exact) mass is 297 g/mol. The van der Waals surface area contributed by atoms with Crippen molar-refractivity contribution in [3.05, 3.63) is 27.9 Å². The number of carboxylic acid groups (broad SMARTS) is 1. The van der Waals surface area contributed by atoms with Crippen molar-refractivity contribution >= 4 is 17.5 Å². The summed E-state index contributed by atoms with van der Waals surface area (Å²) in [6.07, 6.45) is 0.393. The van der Waals surface area contributed by atoms with Crippen LogP contribution in [-0.2, 0) is 4.74 Å². The fourth-order valence-electron chi connectivity index (χ4n) is 2.26. The molecule has 21 heavy (non-hydrogen) atoms. The fourth-order valence-corrected chi connectivity index (χ4v) is 2.26. The van der Waals surface area contributed by atoms with Crippen molar-refractivity contribution in [1.82, 2.24) is 4.98 Å². The molecule has 114 valence electrons. The van der Waals surface area contributed by atoms with E-state index in [1.165, 1.54) is 0 Å². The van der Waals surface area contributed by atoms with E-state index >= 15 is 0 Å². The Kier molecular flexibility index (Phi) is 4.34. The second-order valence-corrected chi connectivity index (χ2v) is 4.79. The lowest BCUT2D eigenvalue weighted by molar-refractivity contribution is -0.384. The molecule has 2 unspecified atom stereocenters. The number of carboxylic acids is 1. The number of morpholine rings is 1. The summed E-state index contributed by atoms with van der Waals surface area (Å²) in [5.41, 5.74) is -0.619. The summed E-state index contributed by atoms with van der Waals surface area (Å²) in [6, 6.07) is 0.985. The van der Waals surface area contributed by atoms with E-state index in [0.717, 1.165) is 12.3 Å². The Morgan fingerprint density at radius 1 is 1.62 bits per heavy atom. The first-order valence-corrected chi connectivity index (χ1v) is 6.31. The maximum Gasteiger partial charge on any atom is 0.337 e. The molecule has 2 atom stereocenters. The van der Waals surface area contributed by atoms with Crippen molar-refractivity contribution in [1.29, 1.82) is 0 Å². The molecule has 1 aromatic rings. The van der Waals surface area contributed by atoms with Gasteiger partial charge < -0.3 is 19.8 Å². The molecule has 0 amide bonds. The molecule has 1 aliphatic rings. The van der Waals surface area contributed by atoms with Crippen molar-refractivity contribution in [3.8, 4) is 0 Å². The van der Waals surface area contributed by atoms with E-state index in [0.29, 0.717) is 6.54 Å². The predicted octanol–water partition coefficient (Wildman–Crippen LogP) is 0.274. The van der Waals surface area contributed by atoms with Crippen molar-refractivity contribution < 1.29 is 24.7 Å². The molecule has 1 saturated heterocycles. The van der Waals surface area contributed by atoms with Crippen molar-refractivity contribution in [2.24, 2.45) is 0 Å². The first kappa shape index (κ1) is 15.1. The topological polar surface area (TPSA) is 126 Å². The van der Waals surface area contributed by atoms with E-state index in [9.17, 15) is 20.0 Å². The lowest BCUT2D eigenvalue weighted by Gasteiger charge is -2.36. The largest absolute Gasteiger partial charge is 0.478 e. The molecule has 0 spiro atoms. The highest BCUT2D eigenvalue weighted by molar-refractivity contribution is 5.88. The molecule has 0 bridgehead atoms. The van der Waals surface area contributed by atoms with E-state index < -0.39 is 17.0 Å². The zero-order valence-corrected chi connectivity index (χ0v) is 11.3. The van der Waals surface area contributed by atoms with Gasteiger partial charge in [-0.15, -0.1) is 0 Å². The number of hydrogen-bond donors (Lipinski definition) is 2. The summed E-state index contributed by atoms with van der Waals surface area (Å²) in [5, 5.41) is 29.2. The highest BCUT2D eigenvalue weighted by atomic mass is 16.6. The Bertz CT molecular complexity index is 564. The minimum atomic E-state index is -1.28. The van der Waals surface area contributed by atoms with Gasteiger partial charge in [-0.05, 0) is 6.92 Å². The SMILES string of the molecule is CC1CN(c2ncc(C(=O)O)cc2[N+](=O)[O-])CC(CO)O1. The van der Waals surface area contributed by atoms with E-state index in [-0.39, 0.29) is 36.3 Å². The lowest BCUT2D eigenvalue weighted by Crippen LogP contribution is -2.48. The maximum atomic E-state index is 11.1. The fraction of sp³-hybridized carbons (Fsp3) is 0.500. The van der Waals surface area contributed by atoms with Gasteiger partial charge >= 0.3 is 11.7 Å². The van der Waals surface area contributed by atoms with Crippen LogP contribution in [0.2, 0.25) is 0 Å². The van der Waals surface area contributed by atoms with Crippen LogP contribution in [0.1, 0.15) is 17.3 Å². The molecule has 0 aliphatic carbocycles.